The van der Waals surface area contributed by atoms with Crippen molar-refractivity contribution in [2.75, 3.05) is 6.61 Å². The van der Waals surface area contributed by atoms with Crippen molar-refractivity contribution in [3.05, 3.63) is 109 Å². The minimum Gasteiger partial charge on any atom is -0.462 e. The first-order valence-electron chi connectivity index (χ1n) is 23.1. The molecule has 0 aromatic carbocycles. The summed E-state index contributed by atoms with van der Waals surface area (Å²) in [4.78, 5) is 26.0. The molecule has 58 heavy (non-hydrogen) atoms. The van der Waals surface area contributed by atoms with Crippen LogP contribution in [0, 0.1) is 0 Å². The molecule has 0 aromatic heterocycles. The van der Waals surface area contributed by atoms with Crippen molar-refractivity contribution in [2.45, 2.75) is 200 Å². The Hall–Kier alpha value is -3.48. The van der Waals surface area contributed by atoms with E-state index in [1.165, 1.54) is 38.5 Å². The van der Waals surface area contributed by atoms with Crippen LogP contribution >= 0.6 is 0 Å². The SMILES string of the molecule is CC/C=C/C/C=C/C/C=C/C/C=C/C/C=C/CCC(=O)OC(CCC/C=C/C/C=C/C/C=C/C/C=C/CC)CC(=O)NC(CO)C(O)CCCCCCCCCCC. The molecule has 3 atom stereocenters. The van der Waals surface area contributed by atoms with Crippen LogP contribution in [0.5, 0.6) is 0 Å². The van der Waals surface area contributed by atoms with Gasteiger partial charge in [0.1, 0.15) is 6.10 Å². The summed E-state index contributed by atoms with van der Waals surface area (Å²) in [5.41, 5.74) is 0. The Balaban J connectivity index is 4.85. The summed E-state index contributed by atoms with van der Waals surface area (Å²) in [7, 11) is 0. The number of ether oxygens (including phenoxy) is 1. The van der Waals surface area contributed by atoms with Gasteiger partial charge in [0.15, 0.2) is 0 Å². The maximum atomic E-state index is 13.1. The van der Waals surface area contributed by atoms with E-state index in [0.29, 0.717) is 19.3 Å². The predicted molar refractivity (Wildman–Crippen MR) is 250 cm³/mol. The van der Waals surface area contributed by atoms with Gasteiger partial charge in [0, 0.05) is 6.42 Å². The fourth-order valence-corrected chi connectivity index (χ4v) is 6.18. The summed E-state index contributed by atoms with van der Waals surface area (Å²) in [6.07, 6.45) is 60.2. The number of allylic oxidation sites excluding steroid dienone is 18. The van der Waals surface area contributed by atoms with Gasteiger partial charge in [-0.15, -0.1) is 0 Å². The second-order valence-corrected chi connectivity index (χ2v) is 15.0. The largest absolute Gasteiger partial charge is 0.462 e. The molecule has 0 aromatic rings. The van der Waals surface area contributed by atoms with Gasteiger partial charge in [-0.1, -0.05) is 188 Å². The molecule has 0 fully saturated rings. The molecule has 0 aliphatic rings. The molecule has 0 radical (unpaired) electrons. The van der Waals surface area contributed by atoms with E-state index in [0.717, 1.165) is 89.9 Å². The Morgan fingerprint density at radius 1 is 0.517 bits per heavy atom. The predicted octanol–water partition coefficient (Wildman–Crippen LogP) is 13.6. The molecule has 6 heteroatoms. The van der Waals surface area contributed by atoms with Gasteiger partial charge in [-0.3, -0.25) is 9.59 Å². The highest BCUT2D eigenvalue weighted by atomic mass is 16.5. The zero-order valence-corrected chi connectivity index (χ0v) is 37.1. The van der Waals surface area contributed by atoms with Crippen LogP contribution in [0.2, 0.25) is 0 Å². The summed E-state index contributed by atoms with van der Waals surface area (Å²) in [6.45, 7) is 6.17. The fourth-order valence-electron chi connectivity index (χ4n) is 6.18. The van der Waals surface area contributed by atoms with Crippen LogP contribution in [-0.4, -0.2) is 46.9 Å². The van der Waals surface area contributed by atoms with Gasteiger partial charge in [0.05, 0.1) is 25.2 Å². The van der Waals surface area contributed by atoms with Crippen molar-refractivity contribution in [1.82, 2.24) is 5.32 Å². The van der Waals surface area contributed by atoms with Crippen LogP contribution in [0.25, 0.3) is 0 Å². The molecular formula is C52H85NO5. The maximum absolute atomic E-state index is 13.1. The molecule has 1 amide bonds. The first-order chi connectivity index (χ1) is 28.5. The van der Waals surface area contributed by atoms with Crippen LogP contribution in [0.4, 0.5) is 0 Å². The third-order valence-corrected chi connectivity index (χ3v) is 9.61. The molecule has 0 saturated carbocycles. The molecule has 0 aliphatic carbocycles. The Morgan fingerprint density at radius 2 is 0.931 bits per heavy atom. The molecule has 0 heterocycles. The highest BCUT2D eigenvalue weighted by molar-refractivity contribution is 5.77. The molecule has 3 unspecified atom stereocenters. The van der Waals surface area contributed by atoms with Gasteiger partial charge < -0.3 is 20.3 Å². The zero-order valence-electron chi connectivity index (χ0n) is 37.1. The summed E-state index contributed by atoms with van der Waals surface area (Å²) in [5.74, 6) is -0.643. The second kappa shape index (κ2) is 44.6. The van der Waals surface area contributed by atoms with Crippen molar-refractivity contribution >= 4 is 11.9 Å². The van der Waals surface area contributed by atoms with Gasteiger partial charge in [0.25, 0.3) is 0 Å². The normalized spacial score (nSPS) is 14.4. The van der Waals surface area contributed by atoms with Crippen molar-refractivity contribution in [1.29, 1.82) is 0 Å². The van der Waals surface area contributed by atoms with E-state index in [4.69, 9.17) is 4.74 Å². The Labute approximate surface area is 356 Å². The van der Waals surface area contributed by atoms with E-state index in [1.807, 2.05) is 6.08 Å². The third kappa shape index (κ3) is 39.4. The lowest BCUT2D eigenvalue weighted by Gasteiger charge is -2.24. The van der Waals surface area contributed by atoms with Crippen molar-refractivity contribution in [3.63, 3.8) is 0 Å². The van der Waals surface area contributed by atoms with Crippen LogP contribution in [0.15, 0.2) is 109 Å². The van der Waals surface area contributed by atoms with E-state index in [2.05, 4.69) is 129 Å². The van der Waals surface area contributed by atoms with Crippen LogP contribution in [-0.2, 0) is 14.3 Å². The number of hydrogen-bond donors (Lipinski definition) is 3. The van der Waals surface area contributed by atoms with Gasteiger partial charge in [-0.05, 0) is 89.9 Å². The first kappa shape index (κ1) is 54.5. The van der Waals surface area contributed by atoms with Crippen molar-refractivity contribution < 1.29 is 24.5 Å². The first-order valence-corrected chi connectivity index (χ1v) is 23.1. The highest BCUT2D eigenvalue weighted by Crippen LogP contribution is 2.15. The lowest BCUT2D eigenvalue weighted by atomic mass is 10.0. The van der Waals surface area contributed by atoms with E-state index < -0.39 is 18.2 Å². The zero-order chi connectivity index (χ0) is 42.4. The number of amides is 1. The molecule has 0 rings (SSSR count). The summed E-state index contributed by atoms with van der Waals surface area (Å²) < 4.78 is 5.83. The topological polar surface area (TPSA) is 95.9 Å². The number of aliphatic hydroxyl groups excluding tert-OH is 2. The van der Waals surface area contributed by atoms with E-state index >= 15 is 0 Å². The lowest BCUT2D eigenvalue weighted by Crippen LogP contribution is -2.46. The van der Waals surface area contributed by atoms with E-state index in [-0.39, 0.29) is 31.3 Å². The minimum atomic E-state index is -0.818. The van der Waals surface area contributed by atoms with Gasteiger partial charge in [-0.2, -0.15) is 0 Å². The number of carbonyl (C=O) groups is 2. The van der Waals surface area contributed by atoms with Crippen molar-refractivity contribution in [2.24, 2.45) is 0 Å². The number of rotatable bonds is 39. The average molecular weight is 804 g/mol. The maximum Gasteiger partial charge on any atom is 0.306 e. The molecular weight excluding hydrogens is 719 g/mol. The monoisotopic (exact) mass is 804 g/mol. The van der Waals surface area contributed by atoms with Gasteiger partial charge in [-0.25, -0.2) is 0 Å². The molecule has 0 spiro atoms. The fraction of sp³-hybridized carbons (Fsp3) is 0.615. The van der Waals surface area contributed by atoms with Crippen molar-refractivity contribution in [3.8, 4) is 0 Å². The quantitative estimate of drug-likeness (QED) is 0.0327. The molecule has 3 N–H and O–H groups in total. The Morgan fingerprint density at radius 3 is 1.38 bits per heavy atom. The highest BCUT2D eigenvalue weighted by Gasteiger charge is 2.23. The summed E-state index contributed by atoms with van der Waals surface area (Å²) in [5, 5.41) is 23.6. The number of carbonyl (C=O) groups excluding carboxylic acids is 2. The van der Waals surface area contributed by atoms with E-state index in [9.17, 15) is 19.8 Å². The Bertz CT molecular complexity index is 1220. The number of esters is 1. The van der Waals surface area contributed by atoms with Gasteiger partial charge >= 0.3 is 5.97 Å². The van der Waals surface area contributed by atoms with Crippen LogP contribution in [0.3, 0.4) is 0 Å². The number of hydrogen-bond acceptors (Lipinski definition) is 5. The van der Waals surface area contributed by atoms with E-state index in [1.54, 1.807) is 0 Å². The standard InChI is InChI=1S/C52H85NO5/c1-4-7-10-13-16-19-21-23-25-26-28-30-33-36-39-42-45-52(57)58-48(43-40-37-34-32-29-27-24-22-20-17-14-11-8-5-2)46-51(56)53-49(47-54)50(55)44-41-38-35-31-18-15-12-9-6-3/h7-8,10-11,16-17,19-20,23-25,27-28,30,32,34,36,39,48-50,54-55H,4-6,9,12-15,18,21-22,26,29,31,33,35,37-38,40-47H2,1-3H3,(H,53,56)/b10-7+,11-8+,19-16+,20-17+,25-23+,27-24+,30-28+,34-32+,39-36+. The molecule has 6 nitrogen and oxygen atoms in total. The molecule has 0 aliphatic heterocycles. The molecule has 0 saturated heterocycles. The Kier molecular flexibility index (Phi) is 41.9. The smallest absolute Gasteiger partial charge is 0.306 e. The lowest BCUT2D eigenvalue weighted by molar-refractivity contribution is -0.150. The molecule has 328 valence electrons. The second-order valence-electron chi connectivity index (χ2n) is 15.0. The number of aliphatic hydroxyl groups is 2. The number of unbranched alkanes of at least 4 members (excludes halogenated alkanes) is 9. The van der Waals surface area contributed by atoms with Crippen LogP contribution < -0.4 is 5.32 Å². The number of nitrogens with one attached hydrogen (secondary N) is 1. The average Bonchev–Trinajstić information content (AvgIpc) is 3.22. The van der Waals surface area contributed by atoms with Crippen LogP contribution in [0.1, 0.15) is 181 Å². The summed E-state index contributed by atoms with van der Waals surface area (Å²) >= 11 is 0. The third-order valence-electron chi connectivity index (χ3n) is 9.61. The molecule has 0 bridgehead atoms. The summed E-state index contributed by atoms with van der Waals surface area (Å²) in [6, 6.07) is -0.738. The minimum absolute atomic E-state index is 0.00284. The van der Waals surface area contributed by atoms with Gasteiger partial charge in [0.2, 0.25) is 5.91 Å².